The highest BCUT2D eigenvalue weighted by atomic mass is 16.5. The highest BCUT2D eigenvalue weighted by Crippen LogP contribution is 2.14. The number of esters is 1. The Morgan fingerprint density at radius 1 is 1.11 bits per heavy atom. The number of nitrogens with zero attached hydrogens (tertiary/aromatic N) is 3. The normalized spacial score (nSPS) is 10.5. The molecule has 0 saturated heterocycles. The number of nitrogens with one attached hydrogen (secondary N) is 1. The molecule has 0 aliphatic carbocycles. The molecule has 1 heterocycles. The summed E-state index contributed by atoms with van der Waals surface area (Å²) in [7, 11) is 1.55. The number of aryl methyl sites for hydroxylation is 1. The van der Waals surface area contributed by atoms with Crippen molar-refractivity contribution >= 4 is 28.5 Å². The molecule has 1 aromatic heterocycles. The van der Waals surface area contributed by atoms with Crippen LogP contribution in [0.15, 0.2) is 53.3 Å². The van der Waals surface area contributed by atoms with Gasteiger partial charge in [0.15, 0.2) is 6.61 Å². The number of anilines is 1. The predicted molar refractivity (Wildman–Crippen MR) is 101 cm³/mol. The molecular formula is C19H18N4O5. The van der Waals surface area contributed by atoms with Crippen LogP contribution < -0.4 is 15.6 Å². The molecule has 9 nitrogen and oxygen atoms in total. The number of amides is 1. The van der Waals surface area contributed by atoms with Crippen molar-refractivity contribution in [3.05, 3.63) is 58.9 Å². The molecule has 0 spiro atoms. The average Bonchev–Trinajstić information content (AvgIpc) is 2.72. The molecule has 2 aromatic carbocycles. The third-order valence-corrected chi connectivity index (χ3v) is 3.90. The molecule has 1 amide bonds. The maximum absolute atomic E-state index is 12.3. The molecule has 1 N–H and O–H groups in total. The minimum Gasteiger partial charge on any atom is -0.497 e. The number of carbonyl (C=O) groups excluding carboxylic acids is 2. The predicted octanol–water partition coefficient (Wildman–Crippen LogP) is 1.37. The fourth-order valence-electron chi connectivity index (χ4n) is 2.46. The van der Waals surface area contributed by atoms with Crippen LogP contribution in [-0.4, -0.2) is 40.6 Å². The first-order valence-corrected chi connectivity index (χ1v) is 8.49. The van der Waals surface area contributed by atoms with Gasteiger partial charge in [-0.25, -0.2) is 4.68 Å². The van der Waals surface area contributed by atoms with Crippen LogP contribution in [0.25, 0.3) is 10.9 Å². The van der Waals surface area contributed by atoms with Crippen LogP contribution in [0.1, 0.15) is 6.42 Å². The molecule has 3 rings (SSSR count). The standard InChI is InChI=1S/C19H18N4O5/c1-27-14-8-6-13(7-9-14)20-17(24)12-28-18(25)10-11-23-19(26)15-4-2-3-5-16(15)21-22-23/h2-9H,10-12H2,1H3,(H,20,24). The van der Waals surface area contributed by atoms with Crippen LogP contribution >= 0.6 is 0 Å². The molecule has 28 heavy (non-hydrogen) atoms. The van der Waals surface area contributed by atoms with E-state index in [2.05, 4.69) is 15.6 Å². The van der Waals surface area contributed by atoms with E-state index >= 15 is 0 Å². The zero-order valence-electron chi connectivity index (χ0n) is 15.1. The molecule has 0 saturated carbocycles. The number of ether oxygens (including phenoxy) is 2. The number of aromatic nitrogens is 3. The topological polar surface area (TPSA) is 112 Å². The van der Waals surface area contributed by atoms with Gasteiger partial charge in [0.05, 0.1) is 25.5 Å². The lowest BCUT2D eigenvalue weighted by molar-refractivity contribution is -0.147. The summed E-state index contributed by atoms with van der Waals surface area (Å²) in [4.78, 5) is 36.0. The Kier molecular flexibility index (Phi) is 5.95. The number of fused-ring (bicyclic) bond motifs is 1. The number of carbonyl (C=O) groups is 2. The van der Waals surface area contributed by atoms with Gasteiger partial charge in [-0.05, 0) is 36.4 Å². The summed E-state index contributed by atoms with van der Waals surface area (Å²) in [5.41, 5.74) is 0.706. The Morgan fingerprint density at radius 2 is 1.86 bits per heavy atom. The first kappa shape index (κ1) is 19.0. The van der Waals surface area contributed by atoms with E-state index in [0.717, 1.165) is 4.68 Å². The number of benzene rings is 2. The molecule has 0 aliphatic rings. The summed E-state index contributed by atoms with van der Waals surface area (Å²) >= 11 is 0. The third-order valence-electron chi connectivity index (χ3n) is 3.90. The second kappa shape index (κ2) is 8.76. The van der Waals surface area contributed by atoms with Gasteiger partial charge in [-0.3, -0.25) is 14.4 Å². The van der Waals surface area contributed by atoms with Crippen LogP contribution in [0.3, 0.4) is 0 Å². The van der Waals surface area contributed by atoms with E-state index in [-0.39, 0.29) is 18.5 Å². The molecule has 3 aromatic rings. The Hall–Kier alpha value is -3.75. The van der Waals surface area contributed by atoms with Gasteiger partial charge in [-0.2, -0.15) is 0 Å². The van der Waals surface area contributed by atoms with Gasteiger partial charge in [-0.1, -0.05) is 17.3 Å². The van der Waals surface area contributed by atoms with Crippen molar-refractivity contribution < 1.29 is 19.1 Å². The first-order chi connectivity index (χ1) is 13.6. The van der Waals surface area contributed by atoms with Crippen LogP contribution in [0.2, 0.25) is 0 Å². The van der Waals surface area contributed by atoms with E-state index in [4.69, 9.17) is 9.47 Å². The van der Waals surface area contributed by atoms with Gasteiger partial charge >= 0.3 is 5.97 Å². The van der Waals surface area contributed by atoms with E-state index in [0.29, 0.717) is 22.3 Å². The van der Waals surface area contributed by atoms with Gasteiger partial charge in [-0.15, -0.1) is 5.10 Å². The van der Waals surface area contributed by atoms with Gasteiger partial charge in [0.25, 0.3) is 11.5 Å². The van der Waals surface area contributed by atoms with Crippen molar-refractivity contribution in [3.8, 4) is 5.75 Å². The quantitative estimate of drug-likeness (QED) is 0.614. The van der Waals surface area contributed by atoms with E-state index in [1.807, 2.05) is 0 Å². The number of hydrogen-bond acceptors (Lipinski definition) is 7. The fraction of sp³-hybridized carbons (Fsp3) is 0.211. The van der Waals surface area contributed by atoms with Crippen molar-refractivity contribution in [2.45, 2.75) is 13.0 Å². The zero-order valence-corrected chi connectivity index (χ0v) is 15.1. The molecule has 0 fully saturated rings. The molecule has 144 valence electrons. The smallest absolute Gasteiger partial charge is 0.308 e. The Morgan fingerprint density at radius 3 is 2.61 bits per heavy atom. The van der Waals surface area contributed by atoms with Crippen molar-refractivity contribution in [2.24, 2.45) is 0 Å². The van der Waals surface area contributed by atoms with Crippen LogP contribution in [0.4, 0.5) is 5.69 Å². The third kappa shape index (κ3) is 4.70. The van der Waals surface area contributed by atoms with E-state index < -0.39 is 18.5 Å². The summed E-state index contributed by atoms with van der Waals surface area (Å²) in [5, 5.41) is 10.8. The minimum atomic E-state index is -0.619. The van der Waals surface area contributed by atoms with Gasteiger partial charge in [0, 0.05) is 5.69 Å². The van der Waals surface area contributed by atoms with E-state index in [9.17, 15) is 14.4 Å². The Labute approximate surface area is 159 Å². The van der Waals surface area contributed by atoms with Gasteiger partial charge in [0.2, 0.25) is 0 Å². The molecule has 9 heteroatoms. The van der Waals surface area contributed by atoms with E-state index in [1.165, 1.54) is 0 Å². The van der Waals surface area contributed by atoms with Crippen LogP contribution in [0, 0.1) is 0 Å². The Bertz CT molecular complexity index is 1050. The van der Waals surface area contributed by atoms with Crippen molar-refractivity contribution in [1.82, 2.24) is 15.0 Å². The summed E-state index contributed by atoms with van der Waals surface area (Å²) in [6.45, 7) is -0.418. The summed E-state index contributed by atoms with van der Waals surface area (Å²) in [6.07, 6.45) is -0.108. The summed E-state index contributed by atoms with van der Waals surface area (Å²) in [5.74, 6) is -0.427. The zero-order chi connectivity index (χ0) is 19.9. The summed E-state index contributed by atoms with van der Waals surface area (Å²) in [6, 6.07) is 13.6. The van der Waals surface area contributed by atoms with Crippen LogP contribution in [-0.2, 0) is 20.9 Å². The number of hydrogen-bond donors (Lipinski definition) is 1. The second-order valence-corrected chi connectivity index (χ2v) is 5.82. The molecular weight excluding hydrogens is 364 g/mol. The average molecular weight is 382 g/mol. The SMILES string of the molecule is COc1ccc(NC(=O)COC(=O)CCn2nnc3ccccc3c2=O)cc1. The fourth-order valence-corrected chi connectivity index (χ4v) is 2.46. The molecule has 0 aliphatic heterocycles. The van der Waals surface area contributed by atoms with Crippen molar-refractivity contribution in [2.75, 3.05) is 19.0 Å². The highest BCUT2D eigenvalue weighted by Gasteiger charge is 2.11. The highest BCUT2D eigenvalue weighted by molar-refractivity contribution is 5.92. The molecule has 0 unspecified atom stereocenters. The lowest BCUT2D eigenvalue weighted by Gasteiger charge is -2.08. The van der Waals surface area contributed by atoms with Gasteiger partial charge in [0.1, 0.15) is 11.3 Å². The second-order valence-electron chi connectivity index (χ2n) is 5.82. The van der Waals surface area contributed by atoms with Gasteiger partial charge < -0.3 is 14.8 Å². The van der Waals surface area contributed by atoms with Crippen molar-refractivity contribution in [1.29, 1.82) is 0 Å². The molecule has 0 bridgehead atoms. The van der Waals surface area contributed by atoms with E-state index in [1.54, 1.807) is 55.6 Å². The number of methoxy groups -OCH3 is 1. The summed E-state index contributed by atoms with van der Waals surface area (Å²) < 4.78 is 11.1. The van der Waals surface area contributed by atoms with Crippen LogP contribution in [0.5, 0.6) is 5.75 Å². The van der Waals surface area contributed by atoms with Crippen molar-refractivity contribution in [3.63, 3.8) is 0 Å². The molecule has 0 radical (unpaired) electrons. The Balaban J connectivity index is 1.48. The lowest BCUT2D eigenvalue weighted by atomic mass is 10.2. The number of rotatable bonds is 7. The first-order valence-electron chi connectivity index (χ1n) is 8.49. The molecule has 0 atom stereocenters. The maximum Gasteiger partial charge on any atom is 0.308 e. The largest absolute Gasteiger partial charge is 0.497 e. The lowest BCUT2D eigenvalue weighted by Crippen LogP contribution is -2.26. The maximum atomic E-state index is 12.3. The monoisotopic (exact) mass is 382 g/mol. The minimum absolute atomic E-state index is 0.00952.